The van der Waals surface area contributed by atoms with Crippen LogP contribution in [-0.2, 0) is 12.8 Å². The third kappa shape index (κ3) is 7.59. The molecule has 0 spiro atoms. The number of unbranched alkanes of at least 4 members (excludes halogenated alkanes) is 4. The zero-order chi connectivity index (χ0) is 25.9. The molecule has 0 unspecified atom stereocenters. The van der Waals surface area contributed by atoms with Gasteiger partial charge >= 0.3 is 0 Å². The number of hydrogen-bond donors (Lipinski definition) is 0. The minimum Gasteiger partial charge on any atom is -0.206 e. The second-order valence-corrected chi connectivity index (χ2v) is 9.66. The summed E-state index contributed by atoms with van der Waals surface area (Å²) in [6, 6.07) is 26.2. The SMILES string of the molecule is CCCCCCCc1ccc2cc(C#Cc3ccc(C#Cc4ccc(CCC)cc4)cc3)ccc2c1F. The summed E-state index contributed by atoms with van der Waals surface area (Å²) in [5.74, 6) is 12.8. The van der Waals surface area contributed by atoms with Gasteiger partial charge in [-0.3, -0.25) is 0 Å². The molecule has 0 aliphatic rings. The molecule has 0 amide bonds. The van der Waals surface area contributed by atoms with Crippen molar-refractivity contribution in [3.05, 3.63) is 118 Å². The van der Waals surface area contributed by atoms with Crippen LogP contribution in [0, 0.1) is 29.5 Å². The van der Waals surface area contributed by atoms with Gasteiger partial charge < -0.3 is 0 Å². The highest BCUT2D eigenvalue weighted by Gasteiger charge is 2.07. The third-order valence-corrected chi connectivity index (χ3v) is 6.66. The van der Waals surface area contributed by atoms with Crippen molar-refractivity contribution >= 4 is 10.8 Å². The molecule has 0 bridgehead atoms. The fourth-order valence-electron chi connectivity index (χ4n) is 4.50. The summed E-state index contributed by atoms with van der Waals surface area (Å²) in [6.07, 6.45) is 8.99. The predicted molar refractivity (Wildman–Crippen MR) is 155 cm³/mol. The van der Waals surface area contributed by atoms with E-state index in [1.165, 1.54) is 31.2 Å². The molecule has 0 aromatic heterocycles. The van der Waals surface area contributed by atoms with E-state index in [-0.39, 0.29) is 5.82 Å². The van der Waals surface area contributed by atoms with Crippen LogP contribution in [0.1, 0.15) is 85.8 Å². The maximum atomic E-state index is 15.0. The van der Waals surface area contributed by atoms with E-state index in [0.717, 1.165) is 58.9 Å². The Hall–Kier alpha value is -3.81. The average molecular weight is 487 g/mol. The quantitative estimate of drug-likeness (QED) is 0.172. The first-order valence-corrected chi connectivity index (χ1v) is 13.6. The second-order valence-electron chi connectivity index (χ2n) is 9.66. The maximum Gasteiger partial charge on any atom is 0.134 e. The topological polar surface area (TPSA) is 0 Å². The number of hydrogen-bond acceptors (Lipinski definition) is 0. The van der Waals surface area contributed by atoms with Gasteiger partial charge in [0.25, 0.3) is 0 Å². The van der Waals surface area contributed by atoms with Crippen LogP contribution in [0.4, 0.5) is 4.39 Å². The predicted octanol–water partition coefficient (Wildman–Crippen LogP) is 9.24. The lowest BCUT2D eigenvalue weighted by Crippen LogP contribution is -1.93. The van der Waals surface area contributed by atoms with Gasteiger partial charge in [0, 0.05) is 27.6 Å². The minimum absolute atomic E-state index is 0.0823. The van der Waals surface area contributed by atoms with E-state index in [9.17, 15) is 0 Å². The fraction of sp³-hybridized carbons (Fsp3) is 0.278. The highest BCUT2D eigenvalue weighted by Crippen LogP contribution is 2.24. The van der Waals surface area contributed by atoms with Crippen LogP contribution < -0.4 is 0 Å². The second kappa shape index (κ2) is 13.5. The average Bonchev–Trinajstić information content (AvgIpc) is 2.93. The Kier molecular flexibility index (Phi) is 9.57. The molecule has 0 saturated carbocycles. The molecule has 0 nitrogen and oxygen atoms in total. The van der Waals surface area contributed by atoms with Crippen molar-refractivity contribution in [2.24, 2.45) is 0 Å². The van der Waals surface area contributed by atoms with Crippen LogP contribution in [0.2, 0.25) is 0 Å². The molecule has 0 heterocycles. The lowest BCUT2D eigenvalue weighted by molar-refractivity contribution is 0.595. The van der Waals surface area contributed by atoms with Crippen molar-refractivity contribution in [1.29, 1.82) is 0 Å². The van der Waals surface area contributed by atoms with E-state index < -0.39 is 0 Å². The molecule has 4 aromatic carbocycles. The van der Waals surface area contributed by atoms with E-state index >= 15 is 4.39 Å². The van der Waals surface area contributed by atoms with Gasteiger partial charge in [-0.25, -0.2) is 4.39 Å². The van der Waals surface area contributed by atoms with Gasteiger partial charge in [0.2, 0.25) is 0 Å². The molecule has 4 aromatic rings. The van der Waals surface area contributed by atoms with Crippen molar-refractivity contribution in [3.8, 4) is 23.7 Å². The van der Waals surface area contributed by atoms with Crippen molar-refractivity contribution in [1.82, 2.24) is 0 Å². The van der Waals surface area contributed by atoms with Crippen LogP contribution in [0.5, 0.6) is 0 Å². The molecule has 1 heteroatoms. The smallest absolute Gasteiger partial charge is 0.134 e. The van der Waals surface area contributed by atoms with Crippen molar-refractivity contribution in [2.75, 3.05) is 0 Å². The van der Waals surface area contributed by atoms with E-state index in [0.29, 0.717) is 5.39 Å². The summed E-state index contributed by atoms with van der Waals surface area (Å²) in [4.78, 5) is 0. The van der Waals surface area contributed by atoms with Crippen molar-refractivity contribution in [3.63, 3.8) is 0 Å². The summed E-state index contributed by atoms with van der Waals surface area (Å²) < 4.78 is 15.0. The normalized spacial score (nSPS) is 10.5. The lowest BCUT2D eigenvalue weighted by Gasteiger charge is -2.07. The summed E-state index contributed by atoms with van der Waals surface area (Å²) in [6.45, 7) is 4.40. The van der Waals surface area contributed by atoms with Gasteiger partial charge in [-0.05, 0) is 84.3 Å². The molecular formula is C36H35F. The monoisotopic (exact) mass is 486 g/mol. The Morgan fingerprint density at radius 1 is 0.541 bits per heavy atom. The zero-order valence-corrected chi connectivity index (χ0v) is 22.0. The highest BCUT2D eigenvalue weighted by atomic mass is 19.1. The Balaban J connectivity index is 1.40. The Bertz CT molecular complexity index is 1440. The molecule has 0 aliphatic carbocycles. The summed E-state index contributed by atoms with van der Waals surface area (Å²) in [5, 5.41) is 1.58. The molecule has 186 valence electrons. The lowest BCUT2D eigenvalue weighted by atomic mass is 9.99. The summed E-state index contributed by atoms with van der Waals surface area (Å²) >= 11 is 0. The minimum atomic E-state index is -0.0823. The number of halogens is 1. The van der Waals surface area contributed by atoms with Gasteiger partial charge in [-0.2, -0.15) is 0 Å². The fourth-order valence-corrected chi connectivity index (χ4v) is 4.50. The molecule has 0 atom stereocenters. The molecule has 0 aliphatic heterocycles. The number of benzene rings is 4. The van der Waals surface area contributed by atoms with Gasteiger partial charge in [-0.15, -0.1) is 0 Å². The van der Waals surface area contributed by atoms with Gasteiger partial charge in [0.15, 0.2) is 0 Å². The molecule has 0 N–H and O–H groups in total. The van der Waals surface area contributed by atoms with Gasteiger partial charge in [0.05, 0.1) is 0 Å². The number of rotatable bonds is 8. The maximum absolute atomic E-state index is 15.0. The van der Waals surface area contributed by atoms with Crippen LogP contribution in [0.15, 0.2) is 78.9 Å². The number of fused-ring (bicyclic) bond motifs is 1. The molecular weight excluding hydrogens is 451 g/mol. The van der Waals surface area contributed by atoms with Crippen LogP contribution in [0.3, 0.4) is 0 Å². The van der Waals surface area contributed by atoms with Crippen LogP contribution >= 0.6 is 0 Å². The van der Waals surface area contributed by atoms with Crippen LogP contribution in [0.25, 0.3) is 10.8 Å². The van der Waals surface area contributed by atoms with Crippen molar-refractivity contribution in [2.45, 2.75) is 65.2 Å². The zero-order valence-electron chi connectivity index (χ0n) is 22.0. The van der Waals surface area contributed by atoms with Crippen LogP contribution in [-0.4, -0.2) is 0 Å². The van der Waals surface area contributed by atoms with Gasteiger partial charge in [0.1, 0.15) is 5.82 Å². The molecule has 4 rings (SSSR count). The Labute approximate surface area is 222 Å². The standard InChI is InChI=1S/C36H35F/c1-3-5-6-7-8-10-33-24-25-34-27-32(23-26-35(34)36(33)37)22-21-31-19-17-30(18-20-31)16-15-29-13-11-28(9-4-2)12-14-29/h11-14,17-20,23-27H,3-10H2,1-2H3. The summed E-state index contributed by atoms with van der Waals surface area (Å²) in [5.41, 5.74) is 5.97. The van der Waals surface area contributed by atoms with E-state index in [1.54, 1.807) is 0 Å². The summed E-state index contributed by atoms with van der Waals surface area (Å²) in [7, 11) is 0. The Morgan fingerprint density at radius 3 is 1.73 bits per heavy atom. The number of aryl methyl sites for hydroxylation is 2. The first-order valence-electron chi connectivity index (χ1n) is 13.6. The highest BCUT2D eigenvalue weighted by molar-refractivity contribution is 5.85. The molecule has 37 heavy (non-hydrogen) atoms. The molecule has 0 fully saturated rings. The van der Waals surface area contributed by atoms with E-state index in [1.807, 2.05) is 54.6 Å². The Morgan fingerprint density at radius 2 is 1.11 bits per heavy atom. The van der Waals surface area contributed by atoms with E-state index in [2.05, 4.69) is 61.8 Å². The first kappa shape index (κ1) is 26.3. The van der Waals surface area contributed by atoms with Crippen molar-refractivity contribution < 1.29 is 4.39 Å². The molecule has 0 radical (unpaired) electrons. The van der Waals surface area contributed by atoms with Gasteiger partial charge in [-0.1, -0.05) is 100.0 Å². The van der Waals surface area contributed by atoms with E-state index in [4.69, 9.17) is 0 Å². The third-order valence-electron chi connectivity index (χ3n) is 6.66. The molecule has 0 saturated heterocycles. The first-order chi connectivity index (χ1) is 18.2. The largest absolute Gasteiger partial charge is 0.206 e.